The van der Waals surface area contributed by atoms with E-state index in [1.54, 1.807) is 12.4 Å². The molecule has 47 heavy (non-hydrogen) atoms. The van der Waals surface area contributed by atoms with Crippen LogP contribution < -0.4 is 16.0 Å². The Labute approximate surface area is 281 Å². The van der Waals surface area contributed by atoms with Crippen LogP contribution in [0.15, 0.2) is 83.0 Å². The van der Waals surface area contributed by atoms with Crippen LogP contribution in [-0.2, 0) is 9.59 Å². The minimum atomic E-state index is -0.365. The predicted octanol–water partition coefficient (Wildman–Crippen LogP) is 3.34. The Bertz CT molecular complexity index is 1570. The molecular weight excluding hydrogens is 616 g/mol. The van der Waals surface area contributed by atoms with Crippen LogP contribution in [-0.4, -0.2) is 97.0 Å². The average Bonchev–Trinajstić information content (AvgIpc) is 3.69. The molecule has 10 nitrogen and oxygen atoms in total. The van der Waals surface area contributed by atoms with Gasteiger partial charge in [-0.15, -0.1) is 0 Å². The van der Waals surface area contributed by atoms with Crippen LogP contribution in [0, 0.1) is 5.92 Å². The van der Waals surface area contributed by atoms with E-state index in [0.717, 1.165) is 61.2 Å². The fourth-order valence-electron chi connectivity index (χ4n) is 6.02. The summed E-state index contributed by atoms with van der Waals surface area (Å²) >= 11 is 6.99. The van der Waals surface area contributed by atoms with Crippen LogP contribution in [0.3, 0.4) is 0 Å². The number of amides is 2. The zero-order valence-electron chi connectivity index (χ0n) is 26.4. The van der Waals surface area contributed by atoms with Crippen molar-refractivity contribution in [3.8, 4) is 11.1 Å². The summed E-state index contributed by atoms with van der Waals surface area (Å²) in [6, 6.07) is 13.9. The molecule has 5 rings (SSSR count). The van der Waals surface area contributed by atoms with Gasteiger partial charge in [0.05, 0.1) is 29.3 Å². The van der Waals surface area contributed by atoms with Crippen molar-refractivity contribution in [2.45, 2.75) is 37.8 Å². The number of aliphatic imine (C=N–C) groups is 2. The molecule has 0 saturated carbocycles. The van der Waals surface area contributed by atoms with Crippen LogP contribution >= 0.6 is 11.6 Å². The van der Waals surface area contributed by atoms with Gasteiger partial charge >= 0.3 is 0 Å². The number of benzene rings is 2. The van der Waals surface area contributed by atoms with E-state index in [4.69, 9.17) is 11.6 Å². The van der Waals surface area contributed by atoms with E-state index in [-0.39, 0.29) is 36.6 Å². The van der Waals surface area contributed by atoms with E-state index < -0.39 is 0 Å². The fourth-order valence-corrected chi connectivity index (χ4v) is 6.36. The molecule has 2 aromatic rings. The zero-order valence-corrected chi connectivity index (χ0v) is 27.2. The Morgan fingerprint density at radius 1 is 1.17 bits per heavy atom. The van der Waals surface area contributed by atoms with E-state index in [0.29, 0.717) is 42.4 Å². The van der Waals surface area contributed by atoms with Crippen molar-refractivity contribution in [2.75, 3.05) is 46.0 Å². The number of hydrogen-bond donors (Lipinski definition) is 5. The maximum atomic E-state index is 12.9. The molecule has 5 N–H and O–H groups in total. The van der Waals surface area contributed by atoms with Crippen molar-refractivity contribution in [3.05, 3.63) is 89.1 Å². The second-order valence-corrected chi connectivity index (χ2v) is 12.4. The van der Waals surface area contributed by atoms with Gasteiger partial charge in [0.15, 0.2) is 0 Å². The molecule has 3 heterocycles. The quantitative estimate of drug-likeness (QED) is 0.175. The first-order chi connectivity index (χ1) is 22.9. The predicted molar refractivity (Wildman–Crippen MR) is 187 cm³/mol. The molecule has 1 unspecified atom stereocenters. The maximum Gasteiger partial charge on any atom is 0.230 e. The summed E-state index contributed by atoms with van der Waals surface area (Å²) in [5.41, 5.74) is 4.84. The number of β-amino-alcohol motifs (C(OH)–C–C–N with tert-alkyl or cyclic N) is 1. The highest BCUT2D eigenvalue weighted by Crippen LogP contribution is 2.33. The largest absolute Gasteiger partial charge is 0.392 e. The highest BCUT2D eigenvalue weighted by atomic mass is 35.5. The first-order valence-electron chi connectivity index (χ1n) is 16.2. The molecule has 0 aromatic heterocycles. The van der Waals surface area contributed by atoms with E-state index in [1.165, 1.54) is 0 Å². The highest BCUT2D eigenvalue weighted by Gasteiger charge is 2.26. The second-order valence-electron chi connectivity index (χ2n) is 12.0. The van der Waals surface area contributed by atoms with Crippen molar-refractivity contribution in [3.63, 3.8) is 0 Å². The number of hydrogen-bond acceptors (Lipinski definition) is 8. The number of allylic oxidation sites excluding steroid dienone is 4. The van der Waals surface area contributed by atoms with Crippen LogP contribution in [0.1, 0.15) is 36.8 Å². The molecule has 3 aliphatic heterocycles. The number of carbonyl (C=O) groups is 2. The van der Waals surface area contributed by atoms with Gasteiger partial charge in [0, 0.05) is 62.2 Å². The summed E-state index contributed by atoms with van der Waals surface area (Å²) in [5, 5.41) is 29.3. The lowest BCUT2D eigenvalue weighted by molar-refractivity contribution is -0.124. The molecule has 3 atom stereocenters. The van der Waals surface area contributed by atoms with Gasteiger partial charge in [0.1, 0.15) is 6.73 Å². The molecule has 2 amide bonds. The van der Waals surface area contributed by atoms with Crippen molar-refractivity contribution in [1.29, 1.82) is 0 Å². The van der Waals surface area contributed by atoms with E-state index >= 15 is 0 Å². The summed E-state index contributed by atoms with van der Waals surface area (Å²) < 4.78 is 0. The summed E-state index contributed by atoms with van der Waals surface area (Å²) in [6.45, 7) is 3.42. The molecule has 0 bridgehead atoms. The van der Waals surface area contributed by atoms with E-state index in [1.807, 2.05) is 66.8 Å². The number of halogens is 1. The van der Waals surface area contributed by atoms with Gasteiger partial charge < -0.3 is 26.2 Å². The standard InChI is InChI=1S/C36H43ClN6O4/c37-35-31(7-4-8-32(35)33(41-24-44)9-1-2-15-38-21-29-10-11-34(46)42-29)27-6-3-5-26(19-27)25-12-16-39-20-28(36(47)40-17-13-25)22-43-18-14-30(45)23-43/h1,3-9,12-13,16-17,19,28-30,38,44-45H,2,10-11,14-15,18,20-24H2,(H,40,47)(H,42,46)/b9-1-,17-13?,25-12?,39-16?,41-33?/t28?,29-,30-/m0/s1. The van der Waals surface area contributed by atoms with Gasteiger partial charge in [-0.3, -0.25) is 24.5 Å². The molecular formula is C36H43ClN6O4. The van der Waals surface area contributed by atoms with Crippen molar-refractivity contribution in [1.82, 2.24) is 20.9 Å². The van der Waals surface area contributed by atoms with Gasteiger partial charge in [-0.2, -0.15) is 0 Å². The van der Waals surface area contributed by atoms with Crippen LogP contribution in [0.4, 0.5) is 0 Å². The van der Waals surface area contributed by atoms with Gasteiger partial charge in [0.2, 0.25) is 11.8 Å². The van der Waals surface area contributed by atoms with Crippen molar-refractivity contribution >= 4 is 40.9 Å². The SMILES string of the molecule is O=C1CC[C@@H](CNCC/C=C\C(=NCO)c2cccc(-c3cccc(C4=CC=NCC(CN5CC[C@H](O)C5)C(=O)NC=C4)c3)c2Cl)N1. The van der Waals surface area contributed by atoms with Gasteiger partial charge in [-0.1, -0.05) is 54.1 Å². The number of rotatable bonds is 12. The molecule has 0 spiro atoms. The van der Waals surface area contributed by atoms with Crippen LogP contribution in [0.25, 0.3) is 16.7 Å². The van der Waals surface area contributed by atoms with Gasteiger partial charge in [-0.25, -0.2) is 0 Å². The van der Waals surface area contributed by atoms with Crippen LogP contribution in [0.2, 0.25) is 5.02 Å². The summed E-state index contributed by atoms with van der Waals surface area (Å²) in [6.07, 6.45) is 13.7. The Kier molecular flexibility index (Phi) is 12.7. The first kappa shape index (κ1) is 34.4. The Morgan fingerprint density at radius 2 is 2.02 bits per heavy atom. The molecule has 3 aliphatic rings. The average molecular weight is 659 g/mol. The van der Waals surface area contributed by atoms with Crippen molar-refractivity contribution < 1.29 is 19.8 Å². The molecule has 0 radical (unpaired) electrons. The topological polar surface area (TPSA) is 139 Å². The third-order valence-corrected chi connectivity index (χ3v) is 8.94. The molecule has 248 valence electrons. The number of carbonyl (C=O) groups excluding carboxylic acids is 2. The lowest BCUT2D eigenvalue weighted by Crippen LogP contribution is -2.38. The summed E-state index contributed by atoms with van der Waals surface area (Å²) in [7, 11) is 0. The number of aliphatic hydroxyl groups is 2. The number of likely N-dealkylation sites (tertiary alicyclic amines) is 1. The van der Waals surface area contributed by atoms with Gasteiger partial charge in [0.25, 0.3) is 0 Å². The lowest BCUT2D eigenvalue weighted by Gasteiger charge is -2.21. The van der Waals surface area contributed by atoms with E-state index in [2.05, 4.69) is 30.8 Å². The molecule has 2 saturated heterocycles. The minimum absolute atomic E-state index is 0.0943. The monoisotopic (exact) mass is 658 g/mol. The number of nitrogens with one attached hydrogen (secondary N) is 3. The number of aliphatic hydroxyl groups excluding tert-OH is 2. The highest BCUT2D eigenvalue weighted by molar-refractivity contribution is 6.37. The third-order valence-electron chi connectivity index (χ3n) is 8.53. The Hall–Kier alpha value is -3.93. The number of nitrogens with zero attached hydrogens (tertiary/aromatic N) is 3. The van der Waals surface area contributed by atoms with Crippen molar-refractivity contribution in [2.24, 2.45) is 15.9 Å². The lowest BCUT2D eigenvalue weighted by atomic mass is 9.96. The van der Waals surface area contributed by atoms with Crippen LogP contribution in [0.5, 0.6) is 0 Å². The van der Waals surface area contributed by atoms with Gasteiger partial charge in [-0.05, 0) is 66.8 Å². The zero-order chi connectivity index (χ0) is 33.0. The second kappa shape index (κ2) is 17.3. The Morgan fingerprint density at radius 3 is 2.81 bits per heavy atom. The molecule has 11 heteroatoms. The smallest absolute Gasteiger partial charge is 0.230 e. The normalized spacial score (nSPS) is 22.5. The van der Waals surface area contributed by atoms with E-state index in [9.17, 15) is 19.8 Å². The summed E-state index contributed by atoms with van der Waals surface area (Å²) in [5.74, 6) is -0.281. The fraction of sp³-hybridized carbons (Fsp3) is 0.389. The third kappa shape index (κ3) is 9.79. The first-order valence-corrected chi connectivity index (χ1v) is 16.6. The minimum Gasteiger partial charge on any atom is -0.392 e. The molecule has 0 aliphatic carbocycles. The Balaban J connectivity index is 1.26. The maximum absolute atomic E-state index is 12.9. The molecule has 2 fully saturated rings. The summed E-state index contributed by atoms with van der Waals surface area (Å²) in [4.78, 5) is 35.3. The molecule has 2 aromatic carbocycles.